The van der Waals surface area contributed by atoms with Crippen LogP contribution in [-0.4, -0.2) is 31.3 Å². The highest BCUT2D eigenvalue weighted by Gasteiger charge is 2.29. The van der Waals surface area contributed by atoms with E-state index in [0.29, 0.717) is 5.78 Å². The largest absolute Gasteiger partial charge is 0.309 e. The quantitative estimate of drug-likeness (QED) is 0.808. The van der Waals surface area contributed by atoms with Crippen LogP contribution in [0.3, 0.4) is 0 Å². The number of nitrogens with zero attached hydrogens (tertiary/aromatic N) is 1. The summed E-state index contributed by atoms with van der Waals surface area (Å²) in [6, 6.07) is 7.99. The molecule has 0 fully saturated rings. The van der Waals surface area contributed by atoms with Gasteiger partial charge in [0, 0.05) is 11.5 Å². The number of Topliss-reactive ketones (excluding diaryl/α,β-unsaturated/α-hetero) is 1. The van der Waals surface area contributed by atoms with Crippen molar-refractivity contribution >= 4 is 18.2 Å². The molecular formula is C13H18ClNO. The van der Waals surface area contributed by atoms with E-state index in [2.05, 4.69) is 11.0 Å². The van der Waals surface area contributed by atoms with Crippen LogP contribution < -0.4 is 0 Å². The summed E-state index contributed by atoms with van der Waals surface area (Å²) in [6.07, 6.45) is 1.91. The molecule has 88 valence electrons. The molecule has 0 N–H and O–H groups in total. The van der Waals surface area contributed by atoms with E-state index in [4.69, 9.17) is 0 Å². The maximum Gasteiger partial charge on any atom is 0.166 e. The average molecular weight is 240 g/mol. The number of hydrogen-bond donors (Lipinski definition) is 0. The lowest BCUT2D eigenvalue weighted by Gasteiger charge is -2.12. The van der Waals surface area contributed by atoms with Gasteiger partial charge < -0.3 is 4.90 Å². The van der Waals surface area contributed by atoms with Crippen molar-refractivity contribution in [3.05, 3.63) is 35.4 Å². The van der Waals surface area contributed by atoms with E-state index in [9.17, 15) is 4.79 Å². The number of rotatable bonds is 3. The van der Waals surface area contributed by atoms with E-state index >= 15 is 0 Å². The molecule has 1 atom stereocenters. The third-order valence-corrected chi connectivity index (χ3v) is 3.04. The van der Waals surface area contributed by atoms with Gasteiger partial charge in [-0.1, -0.05) is 24.3 Å². The zero-order valence-electron chi connectivity index (χ0n) is 9.77. The van der Waals surface area contributed by atoms with E-state index in [0.717, 1.165) is 24.9 Å². The first-order valence-electron chi connectivity index (χ1n) is 5.45. The molecule has 2 nitrogen and oxygen atoms in total. The smallest absolute Gasteiger partial charge is 0.166 e. The Bertz CT molecular complexity index is 376. The van der Waals surface area contributed by atoms with Gasteiger partial charge in [-0.3, -0.25) is 4.79 Å². The Morgan fingerprint density at radius 2 is 2.00 bits per heavy atom. The zero-order chi connectivity index (χ0) is 10.8. The van der Waals surface area contributed by atoms with Crippen LogP contribution in [0.1, 0.15) is 22.3 Å². The Morgan fingerprint density at radius 1 is 1.31 bits per heavy atom. The first-order valence-corrected chi connectivity index (χ1v) is 5.45. The van der Waals surface area contributed by atoms with Gasteiger partial charge in [0.25, 0.3) is 0 Å². The summed E-state index contributed by atoms with van der Waals surface area (Å²) in [7, 11) is 4.10. The van der Waals surface area contributed by atoms with Crippen LogP contribution in [0.4, 0.5) is 0 Å². The van der Waals surface area contributed by atoms with Crippen molar-refractivity contribution in [1.82, 2.24) is 4.90 Å². The van der Waals surface area contributed by atoms with Gasteiger partial charge >= 0.3 is 0 Å². The van der Waals surface area contributed by atoms with Gasteiger partial charge in [-0.05, 0) is 39.0 Å². The second kappa shape index (κ2) is 5.46. The van der Waals surface area contributed by atoms with Gasteiger partial charge in [-0.15, -0.1) is 12.4 Å². The van der Waals surface area contributed by atoms with E-state index in [1.54, 1.807) is 0 Å². The number of halogens is 1. The summed E-state index contributed by atoms with van der Waals surface area (Å²) in [5.74, 6) is 0.553. The lowest BCUT2D eigenvalue weighted by atomic mass is 10.0. The standard InChI is InChI=1S/C13H17NO.ClH/c1-14(2)8-7-11-9-10-5-3-4-6-12(10)13(11)15;/h3-6,11H,7-9H2,1-2H3;1H. The fourth-order valence-electron chi connectivity index (χ4n) is 2.16. The molecule has 0 saturated heterocycles. The molecule has 1 aliphatic rings. The molecule has 0 radical (unpaired) electrons. The van der Waals surface area contributed by atoms with Crippen LogP contribution in [0.2, 0.25) is 0 Å². The molecule has 0 amide bonds. The molecule has 1 unspecified atom stereocenters. The van der Waals surface area contributed by atoms with Crippen molar-refractivity contribution in [3.63, 3.8) is 0 Å². The Morgan fingerprint density at radius 3 is 2.62 bits per heavy atom. The highest BCUT2D eigenvalue weighted by Crippen LogP contribution is 2.28. The van der Waals surface area contributed by atoms with E-state index in [1.165, 1.54) is 5.56 Å². The van der Waals surface area contributed by atoms with Crippen molar-refractivity contribution in [2.45, 2.75) is 12.8 Å². The molecule has 0 bridgehead atoms. The minimum atomic E-state index is 0. The maximum absolute atomic E-state index is 12.0. The number of ketones is 1. The number of fused-ring (bicyclic) bond motifs is 1. The van der Waals surface area contributed by atoms with E-state index in [-0.39, 0.29) is 18.3 Å². The average Bonchev–Trinajstić information content (AvgIpc) is 2.54. The fourth-order valence-corrected chi connectivity index (χ4v) is 2.16. The minimum Gasteiger partial charge on any atom is -0.309 e. The van der Waals surface area contributed by atoms with Gasteiger partial charge in [0.2, 0.25) is 0 Å². The number of carbonyl (C=O) groups excluding carboxylic acids is 1. The van der Waals surface area contributed by atoms with Gasteiger partial charge in [-0.2, -0.15) is 0 Å². The highest BCUT2D eigenvalue weighted by atomic mass is 35.5. The zero-order valence-corrected chi connectivity index (χ0v) is 10.6. The topological polar surface area (TPSA) is 20.3 Å². The van der Waals surface area contributed by atoms with Crippen molar-refractivity contribution in [2.75, 3.05) is 20.6 Å². The van der Waals surface area contributed by atoms with Crippen LogP contribution in [0.15, 0.2) is 24.3 Å². The Balaban J connectivity index is 0.00000128. The number of hydrogen-bond acceptors (Lipinski definition) is 2. The lowest BCUT2D eigenvalue weighted by Crippen LogP contribution is -2.19. The first kappa shape index (κ1) is 13.2. The Labute approximate surface area is 103 Å². The van der Waals surface area contributed by atoms with Crippen LogP contribution >= 0.6 is 12.4 Å². The van der Waals surface area contributed by atoms with Gasteiger partial charge in [-0.25, -0.2) is 0 Å². The fraction of sp³-hybridized carbons (Fsp3) is 0.462. The predicted octanol–water partition coefficient (Wildman–Crippen LogP) is 2.42. The summed E-state index contributed by atoms with van der Waals surface area (Å²) >= 11 is 0. The van der Waals surface area contributed by atoms with Crippen molar-refractivity contribution in [3.8, 4) is 0 Å². The SMILES string of the molecule is CN(C)CCC1Cc2ccccc2C1=O.Cl. The highest BCUT2D eigenvalue weighted by molar-refractivity contribution is 6.02. The molecule has 0 aromatic heterocycles. The maximum atomic E-state index is 12.0. The van der Waals surface area contributed by atoms with E-state index < -0.39 is 0 Å². The van der Waals surface area contributed by atoms with Crippen LogP contribution in [0, 0.1) is 5.92 Å². The van der Waals surface area contributed by atoms with E-state index in [1.807, 2.05) is 32.3 Å². The molecule has 0 spiro atoms. The van der Waals surface area contributed by atoms with Gasteiger partial charge in [0.1, 0.15) is 0 Å². The summed E-state index contributed by atoms with van der Waals surface area (Å²) in [4.78, 5) is 14.1. The summed E-state index contributed by atoms with van der Waals surface area (Å²) in [5, 5.41) is 0. The molecule has 0 heterocycles. The molecule has 16 heavy (non-hydrogen) atoms. The number of carbonyl (C=O) groups is 1. The summed E-state index contributed by atoms with van der Waals surface area (Å²) in [5.41, 5.74) is 2.17. The van der Waals surface area contributed by atoms with Gasteiger partial charge in [0.05, 0.1) is 0 Å². The third-order valence-electron chi connectivity index (χ3n) is 3.04. The van der Waals surface area contributed by atoms with Crippen molar-refractivity contribution in [1.29, 1.82) is 0 Å². The normalized spacial score (nSPS) is 18.4. The first-order chi connectivity index (χ1) is 7.18. The molecule has 0 aliphatic heterocycles. The van der Waals surface area contributed by atoms with Crippen molar-refractivity contribution < 1.29 is 4.79 Å². The molecule has 1 aliphatic carbocycles. The monoisotopic (exact) mass is 239 g/mol. The molecule has 1 aromatic rings. The van der Waals surface area contributed by atoms with Crippen molar-refractivity contribution in [2.24, 2.45) is 5.92 Å². The minimum absolute atomic E-state index is 0. The Kier molecular flexibility index (Phi) is 4.51. The molecule has 1 aromatic carbocycles. The molecule has 2 rings (SSSR count). The molecular weight excluding hydrogens is 222 g/mol. The Hall–Kier alpha value is -0.860. The second-order valence-corrected chi connectivity index (χ2v) is 4.51. The van der Waals surface area contributed by atoms with Crippen LogP contribution in [0.5, 0.6) is 0 Å². The van der Waals surface area contributed by atoms with Crippen LogP contribution in [0.25, 0.3) is 0 Å². The molecule has 3 heteroatoms. The second-order valence-electron chi connectivity index (χ2n) is 4.51. The lowest BCUT2D eigenvalue weighted by molar-refractivity contribution is 0.0925. The summed E-state index contributed by atoms with van der Waals surface area (Å²) in [6.45, 7) is 0.990. The number of benzene rings is 1. The van der Waals surface area contributed by atoms with Crippen LogP contribution in [-0.2, 0) is 6.42 Å². The van der Waals surface area contributed by atoms with Gasteiger partial charge in [0.15, 0.2) is 5.78 Å². The predicted molar refractivity (Wildman–Crippen MR) is 68.4 cm³/mol. The third kappa shape index (κ3) is 2.63. The summed E-state index contributed by atoms with van der Waals surface area (Å²) < 4.78 is 0. The molecule has 0 saturated carbocycles.